The Balaban J connectivity index is 2.42. The van der Waals surface area contributed by atoms with Gasteiger partial charge in [0.2, 0.25) is 0 Å². The molecule has 23 heavy (non-hydrogen) atoms. The van der Waals surface area contributed by atoms with E-state index in [-0.39, 0.29) is 17.1 Å². The third-order valence-electron chi connectivity index (χ3n) is 4.13. The quantitative estimate of drug-likeness (QED) is 0.726. The van der Waals surface area contributed by atoms with Gasteiger partial charge in [-0.1, -0.05) is 26.7 Å². The van der Waals surface area contributed by atoms with Crippen molar-refractivity contribution in [1.82, 2.24) is 4.98 Å². The van der Waals surface area contributed by atoms with E-state index in [2.05, 4.69) is 23.7 Å². The fourth-order valence-electron chi connectivity index (χ4n) is 2.69. The first-order valence-electron chi connectivity index (χ1n) is 8.46. The van der Waals surface area contributed by atoms with Gasteiger partial charge in [-0.15, -0.1) is 0 Å². The summed E-state index contributed by atoms with van der Waals surface area (Å²) in [7, 11) is 0. The lowest BCUT2D eigenvalue weighted by Gasteiger charge is -2.25. The second kappa shape index (κ2) is 7.95. The Hall–Kier alpha value is -2.10. The molecule has 124 valence electrons. The van der Waals surface area contributed by atoms with E-state index in [9.17, 15) is 9.90 Å². The standard InChI is InChI=1S/C19H26N2O2/c1-4-6-10-21(11-7-5-2)15-8-9-18-16(12-15)19(23)17(13-20-18)14(3)22/h8-9,12-13H,4-7,10-11H2,1-3H3,(H,20,23). The van der Waals surface area contributed by atoms with Gasteiger partial charge in [0, 0.05) is 30.4 Å². The molecule has 2 aromatic rings. The van der Waals surface area contributed by atoms with Crippen molar-refractivity contribution in [3.8, 4) is 5.75 Å². The number of nitrogens with zero attached hydrogens (tertiary/aromatic N) is 2. The van der Waals surface area contributed by atoms with Crippen molar-refractivity contribution in [2.75, 3.05) is 18.0 Å². The number of Topliss-reactive ketones (excluding diaryl/α,β-unsaturated/α-hetero) is 1. The van der Waals surface area contributed by atoms with E-state index in [0.717, 1.165) is 44.5 Å². The van der Waals surface area contributed by atoms with Gasteiger partial charge in [-0.25, -0.2) is 0 Å². The zero-order valence-corrected chi connectivity index (χ0v) is 14.3. The van der Waals surface area contributed by atoms with Crippen molar-refractivity contribution in [2.24, 2.45) is 0 Å². The maximum absolute atomic E-state index is 11.6. The molecule has 0 radical (unpaired) electrons. The summed E-state index contributed by atoms with van der Waals surface area (Å²) in [6, 6.07) is 5.92. The largest absolute Gasteiger partial charge is 0.506 e. The zero-order chi connectivity index (χ0) is 16.8. The molecule has 0 saturated heterocycles. The normalized spacial score (nSPS) is 10.9. The van der Waals surface area contributed by atoms with Crippen LogP contribution in [0.5, 0.6) is 5.75 Å². The van der Waals surface area contributed by atoms with Crippen LogP contribution in [-0.2, 0) is 0 Å². The molecule has 0 unspecified atom stereocenters. The average molecular weight is 314 g/mol. The van der Waals surface area contributed by atoms with Crippen LogP contribution >= 0.6 is 0 Å². The summed E-state index contributed by atoms with van der Waals surface area (Å²) in [5.74, 6) is -0.133. The summed E-state index contributed by atoms with van der Waals surface area (Å²) in [4.78, 5) is 18.2. The van der Waals surface area contributed by atoms with Gasteiger partial charge in [-0.05, 0) is 38.0 Å². The maximum Gasteiger partial charge on any atom is 0.165 e. The Labute approximate surface area is 138 Å². The SMILES string of the molecule is CCCCN(CCCC)c1ccc2ncc(C(C)=O)c(O)c2c1. The number of rotatable bonds is 8. The number of carbonyl (C=O) groups excluding carboxylic acids is 1. The van der Waals surface area contributed by atoms with Gasteiger partial charge in [0.05, 0.1) is 11.1 Å². The maximum atomic E-state index is 11.6. The van der Waals surface area contributed by atoms with E-state index in [1.54, 1.807) is 0 Å². The molecule has 4 heteroatoms. The number of ketones is 1. The minimum atomic E-state index is -0.170. The number of hydrogen-bond acceptors (Lipinski definition) is 4. The molecule has 0 fully saturated rings. The lowest BCUT2D eigenvalue weighted by atomic mass is 10.1. The third-order valence-corrected chi connectivity index (χ3v) is 4.13. The minimum absolute atomic E-state index is 0.0373. The van der Waals surface area contributed by atoms with Gasteiger partial charge >= 0.3 is 0 Å². The molecule has 0 saturated carbocycles. The topological polar surface area (TPSA) is 53.4 Å². The predicted molar refractivity (Wildman–Crippen MR) is 95.4 cm³/mol. The summed E-state index contributed by atoms with van der Waals surface area (Å²) in [6.45, 7) is 7.83. The Bertz CT molecular complexity index is 674. The molecule has 0 bridgehead atoms. The average Bonchev–Trinajstić information content (AvgIpc) is 2.55. The predicted octanol–water partition coefficient (Wildman–Crippen LogP) is 4.55. The van der Waals surface area contributed by atoms with Crippen molar-refractivity contribution in [3.63, 3.8) is 0 Å². The van der Waals surface area contributed by atoms with Crippen molar-refractivity contribution in [1.29, 1.82) is 0 Å². The second-order valence-corrected chi connectivity index (χ2v) is 5.97. The summed E-state index contributed by atoms with van der Waals surface area (Å²) in [5.41, 5.74) is 2.07. The van der Waals surface area contributed by atoms with Crippen LogP contribution in [0.15, 0.2) is 24.4 Å². The molecule has 0 atom stereocenters. The second-order valence-electron chi connectivity index (χ2n) is 5.97. The van der Waals surface area contributed by atoms with E-state index in [1.165, 1.54) is 13.1 Å². The Kier molecular flexibility index (Phi) is 5.97. The number of aromatic nitrogens is 1. The van der Waals surface area contributed by atoms with Crippen LogP contribution in [0.3, 0.4) is 0 Å². The van der Waals surface area contributed by atoms with Crippen LogP contribution < -0.4 is 4.90 Å². The first kappa shape index (κ1) is 17.3. The van der Waals surface area contributed by atoms with Crippen LogP contribution in [0.2, 0.25) is 0 Å². The highest BCUT2D eigenvalue weighted by molar-refractivity contribution is 6.02. The molecule has 1 N–H and O–H groups in total. The number of anilines is 1. The molecule has 1 aromatic carbocycles. The van der Waals surface area contributed by atoms with Crippen LogP contribution in [0.4, 0.5) is 5.69 Å². The van der Waals surface area contributed by atoms with Crippen molar-refractivity contribution >= 4 is 22.4 Å². The molecule has 0 amide bonds. The van der Waals surface area contributed by atoms with Crippen LogP contribution in [0, 0.1) is 0 Å². The summed E-state index contributed by atoms with van der Waals surface area (Å²) in [5, 5.41) is 11.0. The van der Waals surface area contributed by atoms with Crippen LogP contribution in [0.1, 0.15) is 56.8 Å². The Morgan fingerprint density at radius 1 is 1.17 bits per heavy atom. The van der Waals surface area contributed by atoms with Crippen molar-refractivity contribution in [2.45, 2.75) is 46.5 Å². The molecule has 4 nitrogen and oxygen atoms in total. The van der Waals surface area contributed by atoms with Crippen LogP contribution in [0.25, 0.3) is 10.9 Å². The molecular formula is C19H26N2O2. The fourth-order valence-corrected chi connectivity index (χ4v) is 2.69. The molecule has 1 heterocycles. The lowest BCUT2D eigenvalue weighted by molar-refractivity contribution is 0.101. The first-order chi connectivity index (χ1) is 11.1. The van der Waals surface area contributed by atoms with Crippen molar-refractivity contribution in [3.05, 3.63) is 30.0 Å². The van der Waals surface area contributed by atoms with E-state index in [4.69, 9.17) is 0 Å². The van der Waals surface area contributed by atoms with E-state index >= 15 is 0 Å². The lowest BCUT2D eigenvalue weighted by Crippen LogP contribution is -2.25. The molecule has 0 spiro atoms. The first-order valence-corrected chi connectivity index (χ1v) is 8.46. The molecule has 2 rings (SSSR count). The smallest absolute Gasteiger partial charge is 0.165 e. The van der Waals surface area contributed by atoms with E-state index < -0.39 is 0 Å². The molecule has 0 aliphatic heterocycles. The summed E-state index contributed by atoms with van der Waals surface area (Å²) < 4.78 is 0. The number of unbranched alkanes of at least 4 members (excludes halogenated alkanes) is 2. The highest BCUT2D eigenvalue weighted by atomic mass is 16.3. The number of pyridine rings is 1. The van der Waals surface area contributed by atoms with Gasteiger partial charge in [-0.3, -0.25) is 9.78 Å². The number of benzene rings is 1. The zero-order valence-electron chi connectivity index (χ0n) is 14.3. The number of fused-ring (bicyclic) bond motifs is 1. The monoisotopic (exact) mass is 314 g/mol. The molecule has 1 aromatic heterocycles. The number of aromatic hydroxyl groups is 1. The number of carbonyl (C=O) groups is 1. The summed E-state index contributed by atoms with van der Waals surface area (Å²) in [6.07, 6.45) is 6.03. The highest BCUT2D eigenvalue weighted by Crippen LogP contribution is 2.31. The van der Waals surface area contributed by atoms with Gasteiger partial charge in [0.25, 0.3) is 0 Å². The fraction of sp³-hybridized carbons (Fsp3) is 0.474. The molecule has 0 aliphatic rings. The minimum Gasteiger partial charge on any atom is -0.506 e. The Morgan fingerprint density at radius 3 is 2.39 bits per heavy atom. The van der Waals surface area contributed by atoms with Crippen LogP contribution in [-0.4, -0.2) is 29.0 Å². The van der Waals surface area contributed by atoms with Gasteiger partial charge in [0.1, 0.15) is 5.75 Å². The molecule has 0 aliphatic carbocycles. The van der Waals surface area contributed by atoms with E-state index in [0.29, 0.717) is 10.9 Å². The Morgan fingerprint density at radius 2 is 1.83 bits per heavy atom. The number of hydrogen-bond donors (Lipinski definition) is 1. The van der Waals surface area contributed by atoms with Gasteiger partial charge in [0.15, 0.2) is 5.78 Å². The third kappa shape index (κ3) is 4.01. The van der Waals surface area contributed by atoms with Gasteiger partial charge in [-0.2, -0.15) is 0 Å². The summed E-state index contributed by atoms with van der Waals surface area (Å²) >= 11 is 0. The highest BCUT2D eigenvalue weighted by Gasteiger charge is 2.13. The van der Waals surface area contributed by atoms with E-state index in [1.807, 2.05) is 18.2 Å². The van der Waals surface area contributed by atoms with Gasteiger partial charge < -0.3 is 10.0 Å². The van der Waals surface area contributed by atoms with Crippen molar-refractivity contribution < 1.29 is 9.90 Å². The molecular weight excluding hydrogens is 288 g/mol.